The van der Waals surface area contributed by atoms with Crippen LogP contribution in [0.5, 0.6) is 0 Å². The number of fused-ring (bicyclic) bond motifs is 1. The van der Waals surface area contributed by atoms with Gasteiger partial charge >= 0.3 is 0 Å². The van der Waals surface area contributed by atoms with Gasteiger partial charge in [-0.25, -0.2) is 9.37 Å². The number of aryl methyl sites for hydroxylation is 1. The number of hydrogen-bond donors (Lipinski definition) is 1. The summed E-state index contributed by atoms with van der Waals surface area (Å²) in [6.07, 6.45) is 1.94. The van der Waals surface area contributed by atoms with E-state index in [1.165, 1.54) is 23.5 Å². The van der Waals surface area contributed by atoms with Crippen LogP contribution in [0.3, 0.4) is 0 Å². The first kappa shape index (κ1) is 16.0. The van der Waals surface area contributed by atoms with Crippen LogP contribution in [0.15, 0.2) is 48.0 Å². The average molecular weight is 371 g/mol. The van der Waals surface area contributed by atoms with Crippen molar-refractivity contribution < 1.29 is 9.18 Å². The second-order valence-corrected chi connectivity index (χ2v) is 7.57. The van der Waals surface area contributed by atoms with Gasteiger partial charge in [0.15, 0.2) is 4.96 Å². The Kier molecular flexibility index (Phi) is 4.10. The summed E-state index contributed by atoms with van der Waals surface area (Å²) >= 11 is 2.97. The monoisotopic (exact) mass is 371 g/mol. The number of amides is 1. The molecule has 25 heavy (non-hydrogen) atoms. The zero-order valence-electron chi connectivity index (χ0n) is 13.3. The summed E-state index contributed by atoms with van der Waals surface area (Å²) in [5, 5.41) is 4.83. The maximum absolute atomic E-state index is 13.1. The fourth-order valence-corrected chi connectivity index (χ4v) is 4.26. The summed E-state index contributed by atoms with van der Waals surface area (Å²) < 4.78 is 15.1. The molecule has 0 atom stereocenters. The smallest absolute Gasteiger partial charge is 0.261 e. The van der Waals surface area contributed by atoms with Crippen LogP contribution in [-0.4, -0.2) is 15.3 Å². The molecule has 0 aliphatic rings. The van der Waals surface area contributed by atoms with Crippen molar-refractivity contribution in [2.45, 2.75) is 13.5 Å². The summed E-state index contributed by atoms with van der Waals surface area (Å²) in [4.78, 5) is 19.3. The lowest BCUT2D eigenvalue weighted by atomic mass is 10.2. The van der Waals surface area contributed by atoms with Crippen LogP contribution in [-0.2, 0) is 6.54 Å². The summed E-state index contributed by atoms with van der Waals surface area (Å²) in [5.41, 5.74) is 2.74. The third kappa shape index (κ3) is 3.08. The second kappa shape index (κ2) is 6.42. The number of carbonyl (C=O) groups excluding carboxylic acids is 1. The quantitative estimate of drug-likeness (QED) is 0.574. The third-order valence-corrected chi connectivity index (χ3v) is 5.97. The molecule has 4 nitrogen and oxygen atoms in total. The molecular weight excluding hydrogens is 357 g/mol. The molecule has 3 aromatic heterocycles. The number of thiophene rings is 1. The minimum Gasteiger partial charge on any atom is -0.346 e. The molecule has 0 fully saturated rings. The van der Waals surface area contributed by atoms with Gasteiger partial charge < -0.3 is 5.32 Å². The fraction of sp³-hybridized carbons (Fsp3) is 0.111. The van der Waals surface area contributed by atoms with E-state index in [1.807, 2.05) is 35.0 Å². The SMILES string of the molecule is Cc1c(CNC(=O)c2cccs2)sc2nc(-c3ccc(F)cc3)cn12. The third-order valence-electron chi connectivity index (χ3n) is 3.95. The van der Waals surface area contributed by atoms with Crippen molar-refractivity contribution in [3.05, 3.63) is 69.2 Å². The minimum atomic E-state index is -0.260. The Morgan fingerprint density at radius 3 is 2.76 bits per heavy atom. The van der Waals surface area contributed by atoms with Crippen LogP contribution in [0.4, 0.5) is 4.39 Å². The predicted molar refractivity (Wildman–Crippen MR) is 98.7 cm³/mol. The Morgan fingerprint density at radius 2 is 2.08 bits per heavy atom. The van der Waals surface area contributed by atoms with E-state index in [0.29, 0.717) is 11.4 Å². The van der Waals surface area contributed by atoms with Gasteiger partial charge in [0.2, 0.25) is 0 Å². The van der Waals surface area contributed by atoms with Gasteiger partial charge in [-0.3, -0.25) is 9.20 Å². The number of halogens is 1. The highest BCUT2D eigenvalue weighted by Crippen LogP contribution is 2.27. The molecule has 1 aromatic carbocycles. The highest BCUT2D eigenvalue weighted by atomic mass is 32.1. The molecule has 1 N–H and O–H groups in total. The second-order valence-electron chi connectivity index (χ2n) is 5.56. The van der Waals surface area contributed by atoms with Crippen molar-refractivity contribution in [3.63, 3.8) is 0 Å². The van der Waals surface area contributed by atoms with Crippen molar-refractivity contribution >= 4 is 33.5 Å². The van der Waals surface area contributed by atoms with Crippen LogP contribution >= 0.6 is 22.7 Å². The highest BCUT2D eigenvalue weighted by molar-refractivity contribution is 7.17. The van der Waals surface area contributed by atoms with Crippen molar-refractivity contribution in [2.75, 3.05) is 0 Å². The van der Waals surface area contributed by atoms with E-state index >= 15 is 0 Å². The maximum atomic E-state index is 13.1. The Labute approximate surface area is 151 Å². The van der Waals surface area contributed by atoms with Gasteiger partial charge in [-0.1, -0.05) is 17.4 Å². The normalized spacial score (nSPS) is 11.1. The average Bonchev–Trinajstić information content (AvgIpc) is 3.32. The van der Waals surface area contributed by atoms with Crippen molar-refractivity contribution in [2.24, 2.45) is 0 Å². The standard InChI is InChI=1S/C18H14FN3OS2/c1-11-16(9-20-17(23)15-3-2-8-24-15)25-18-21-14(10-22(11)18)12-4-6-13(19)7-5-12/h2-8,10H,9H2,1H3,(H,20,23). The van der Waals surface area contributed by atoms with Crippen LogP contribution in [0.1, 0.15) is 20.2 Å². The number of benzene rings is 1. The van der Waals surface area contributed by atoms with E-state index in [9.17, 15) is 9.18 Å². The number of rotatable bonds is 4. The van der Waals surface area contributed by atoms with Gasteiger partial charge in [0.05, 0.1) is 17.1 Å². The van der Waals surface area contributed by atoms with E-state index in [2.05, 4.69) is 10.3 Å². The Hall–Kier alpha value is -2.51. The predicted octanol–water partition coefficient (Wildman–Crippen LogP) is 4.50. The molecule has 0 saturated carbocycles. The lowest BCUT2D eigenvalue weighted by Gasteiger charge is -2.02. The molecule has 4 rings (SSSR count). The number of thiazole rings is 1. The van der Waals surface area contributed by atoms with Crippen LogP contribution < -0.4 is 5.32 Å². The van der Waals surface area contributed by atoms with E-state index in [-0.39, 0.29) is 11.7 Å². The zero-order chi connectivity index (χ0) is 17.4. The van der Waals surface area contributed by atoms with Crippen molar-refractivity contribution in [1.82, 2.24) is 14.7 Å². The number of carbonyl (C=O) groups is 1. The highest BCUT2D eigenvalue weighted by Gasteiger charge is 2.14. The molecule has 7 heteroatoms. The van der Waals surface area contributed by atoms with E-state index in [1.54, 1.807) is 23.5 Å². The zero-order valence-corrected chi connectivity index (χ0v) is 15.0. The van der Waals surface area contributed by atoms with Gasteiger partial charge in [0.25, 0.3) is 5.91 Å². The number of aromatic nitrogens is 2. The Balaban J connectivity index is 1.56. The molecule has 0 saturated heterocycles. The van der Waals surface area contributed by atoms with Gasteiger partial charge in [0, 0.05) is 22.3 Å². The molecular formula is C18H14FN3OS2. The van der Waals surface area contributed by atoms with Crippen LogP contribution in [0.25, 0.3) is 16.2 Å². The van der Waals surface area contributed by atoms with Crippen molar-refractivity contribution in [1.29, 1.82) is 0 Å². The molecule has 0 spiro atoms. The molecule has 4 aromatic rings. The number of nitrogens with zero attached hydrogens (tertiary/aromatic N) is 2. The molecule has 0 radical (unpaired) electrons. The lowest BCUT2D eigenvalue weighted by molar-refractivity contribution is 0.0955. The van der Waals surface area contributed by atoms with Crippen LogP contribution in [0, 0.1) is 12.7 Å². The fourth-order valence-electron chi connectivity index (χ4n) is 2.57. The van der Waals surface area contributed by atoms with Gasteiger partial charge in [0.1, 0.15) is 5.82 Å². The lowest BCUT2D eigenvalue weighted by Crippen LogP contribution is -2.21. The number of imidazole rings is 1. The Bertz CT molecular complexity index is 1030. The molecule has 0 aliphatic carbocycles. The first-order valence-corrected chi connectivity index (χ1v) is 9.36. The summed E-state index contributed by atoms with van der Waals surface area (Å²) in [7, 11) is 0. The number of hydrogen-bond acceptors (Lipinski definition) is 4. The minimum absolute atomic E-state index is 0.0626. The molecule has 0 bridgehead atoms. The summed E-state index contributed by atoms with van der Waals surface area (Å²) in [6, 6.07) is 9.98. The molecule has 126 valence electrons. The Morgan fingerprint density at radius 1 is 1.28 bits per heavy atom. The summed E-state index contributed by atoms with van der Waals surface area (Å²) in [5.74, 6) is -0.322. The van der Waals surface area contributed by atoms with Gasteiger partial charge in [-0.05, 0) is 42.6 Å². The van der Waals surface area contributed by atoms with E-state index < -0.39 is 0 Å². The maximum Gasteiger partial charge on any atom is 0.261 e. The van der Waals surface area contributed by atoms with E-state index in [0.717, 1.165) is 26.8 Å². The molecule has 3 heterocycles. The topological polar surface area (TPSA) is 46.4 Å². The first-order valence-electron chi connectivity index (χ1n) is 7.67. The molecule has 1 amide bonds. The molecule has 0 aliphatic heterocycles. The van der Waals surface area contributed by atoms with Gasteiger partial charge in [-0.15, -0.1) is 11.3 Å². The van der Waals surface area contributed by atoms with E-state index in [4.69, 9.17) is 0 Å². The largest absolute Gasteiger partial charge is 0.346 e. The van der Waals surface area contributed by atoms with Crippen molar-refractivity contribution in [3.8, 4) is 11.3 Å². The number of nitrogens with one attached hydrogen (secondary N) is 1. The van der Waals surface area contributed by atoms with Crippen LogP contribution in [0.2, 0.25) is 0 Å². The summed E-state index contributed by atoms with van der Waals surface area (Å²) in [6.45, 7) is 2.48. The molecule has 0 unspecified atom stereocenters. The first-order chi connectivity index (χ1) is 12.1. The van der Waals surface area contributed by atoms with Gasteiger partial charge in [-0.2, -0.15) is 0 Å².